The Hall–Kier alpha value is -2.83. The van der Waals surface area contributed by atoms with Gasteiger partial charge in [0, 0.05) is 18.0 Å². The van der Waals surface area contributed by atoms with Crippen molar-refractivity contribution in [3.05, 3.63) is 50.8 Å². The molecule has 0 unspecified atom stereocenters. The lowest BCUT2D eigenvalue weighted by molar-refractivity contribution is 0.373. The number of ether oxygens (including phenoxy) is 1. The summed E-state index contributed by atoms with van der Waals surface area (Å²) in [4.78, 5) is 30.5. The van der Waals surface area contributed by atoms with Crippen LogP contribution in [0.2, 0.25) is 0 Å². The second-order valence-corrected chi connectivity index (χ2v) is 3.61. The van der Waals surface area contributed by atoms with Gasteiger partial charge in [0.25, 0.3) is 5.56 Å². The Morgan fingerprint density at radius 1 is 1.37 bits per heavy atom. The number of hydrogen-bond acceptors (Lipinski definition) is 5. The highest BCUT2D eigenvalue weighted by Gasteiger charge is 2.05. The third-order valence-electron chi connectivity index (χ3n) is 2.39. The van der Waals surface area contributed by atoms with Crippen LogP contribution in [-0.2, 0) is 0 Å². The molecule has 0 aliphatic heterocycles. The van der Waals surface area contributed by atoms with Crippen LogP contribution in [0.4, 0.5) is 5.69 Å². The van der Waals surface area contributed by atoms with E-state index in [-0.39, 0.29) is 11.4 Å². The predicted octanol–water partition coefficient (Wildman–Crippen LogP) is 0.528. The lowest BCUT2D eigenvalue weighted by Gasteiger charge is -2.04. The van der Waals surface area contributed by atoms with Gasteiger partial charge in [0.15, 0.2) is 11.5 Å². The van der Waals surface area contributed by atoms with Crippen molar-refractivity contribution in [2.45, 2.75) is 0 Å². The molecule has 19 heavy (non-hydrogen) atoms. The van der Waals surface area contributed by atoms with Crippen LogP contribution in [0, 0.1) is 0 Å². The van der Waals surface area contributed by atoms with Gasteiger partial charge in [-0.05, 0) is 12.1 Å². The number of nitrogens with one attached hydrogen (secondary N) is 2. The molecule has 0 aliphatic rings. The first-order valence-electron chi connectivity index (χ1n) is 5.34. The molecule has 7 heteroatoms. The van der Waals surface area contributed by atoms with E-state index in [0.29, 0.717) is 11.3 Å². The normalized spacial score (nSPS) is 10.8. The zero-order chi connectivity index (χ0) is 13.8. The molecular weight excluding hydrogens is 250 g/mol. The van der Waals surface area contributed by atoms with Gasteiger partial charge in [-0.2, -0.15) is 0 Å². The summed E-state index contributed by atoms with van der Waals surface area (Å²) in [6, 6.07) is 4.89. The van der Waals surface area contributed by atoms with Crippen molar-refractivity contribution in [1.29, 1.82) is 0 Å². The number of rotatable bonds is 3. The minimum absolute atomic E-state index is 0.0295. The third-order valence-corrected chi connectivity index (χ3v) is 2.39. The van der Waals surface area contributed by atoms with Gasteiger partial charge in [0.1, 0.15) is 5.69 Å². The maximum Gasteiger partial charge on any atom is 0.325 e. The zero-order valence-electron chi connectivity index (χ0n) is 10.0. The maximum atomic E-state index is 11.4. The average Bonchev–Trinajstić information content (AvgIpc) is 2.39. The highest BCUT2D eigenvalue weighted by atomic mass is 16.5. The number of aliphatic imine (C=N–C) groups is 1. The van der Waals surface area contributed by atoms with Crippen LogP contribution < -0.4 is 16.0 Å². The highest BCUT2D eigenvalue weighted by Crippen LogP contribution is 2.28. The number of benzene rings is 1. The molecular formula is C12H11N3O4. The summed E-state index contributed by atoms with van der Waals surface area (Å²) in [6.07, 6.45) is 2.50. The molecule has 1 aromatic carbocycles. The van der Waals surface area contributed by atoms with Crippen molar-refractivity contribution in [2.24, 2.45) is 4.99 Å². The molecule has 0 fully saturated rings. The van der Waals surface area contributed by atoms with E-state index < -0.39 is 11.2 Å². The molecule has 0 saturated heterocycles. The van der Waals surface area contributed by atoms with E-state index in [0.717, 1.165) is 0 Å². The Morgan fingerprint density at radius 3 is 2.84 bits per heavy atom. The van der Waals surface area contributed by atoms with Crippen LogP contribution in [0.3, 0.4) is 0 Å². The Kier molecular flexibility index (Phi) is 3.46. The second kappa shape index (κ2) is 5.21. The van der Waals surface area contributed by atoms with Crippen LogP contribution in [0.1, 0.15) is 5.56 Å². The third kappa shape index (κ3) is 2.71. The number of H-pyrrole nitrogens is 2. The second-order valence-electron chi connectivity index (χ2n) is 3.61. The SMILES string of the molecule is COc1cccc(C=Nc2c[nH]c(=O)[nH]c2=O)c1O. The summed E-state index contributed by atoms with van der Waals surface area (Å²) in [6.45, 7) is 0. The molecule has 3 N–H and O–H groups in total. The van der Waals surface area contributed by atoms with Crippen LogP contribution in [0.25, 0.3) is 0 Å². The molecule has 0 atom stereocenters. The van der Waals surface area contributed by atoms with Gasteiger partial charge in [-0.3, -0.25) is 9.78 Å². The molecule has 0 aliphatic carbocycles. The Bertz CT molecular complexity index is 730. The Morgan fingerprint density at radius 2 is 2.16 bits per heavy atom. The van der Waals surface area contributed by atoms with E-state index in [1.807, 2.05) is 4.98 Å². The number of aromatic hydroxyl groups is 1. The molecule has 0 bridgehead atoms. The number of aromatic nitrogens is 2. The summed E-state index contributed by atoms with van der Waals surface area (Å²) >= 11 is 0. The van der Waals surface area contributed by atoms with Crippen LogP contribution in [0.5, 0.6) is 11.5 Å². The Balaban J connectivity index is 2.38. The van der Waals surface area contributed by atoms with Gasteiger partial charge in [0.2, 0.25) is 0 Å². The van der Waals surface area contributed by atoms with Crippen LogP contribution in [-0.4, -0.2) is 28.4 Å². The van der Waals surface area contributed by atoms with Gasteiger partial charge < -0.3 is 14.8 Å². The van der Waals surface area contributed by atoms with Gasteiger partial charge in [0.05, 0.1) is 7.11 Å². The van der Waals surface area contributed by atoms with E-state index in [4.69, 9.17) is 4.74 Å². The average molecular weight is 261 g/mol. The molecule has 0 spiro atoms. The molecule has 2 rings (SSSR count). The molecule has 1 heterocycles. The van der Waals surface area contributed by atoms with E-state index in [1.54, 1.807) is 18.2 Å². The molecule has 1 aromatic heterocycles. The molecule has 98 valence electrons. The molecule has 0 amide bonds. The monoisotopic (exact) mass is 261 g/mol. The number of hydrogen-bond donors (Lipinski definition) is 3. The predicted molar refractivity (Wildman–Crippen MR) is 69.6 cm³/mol. The summed E-state index contributed by atoms with van der Waals surface area (Å²) in [7, 11) is 1.43. The first-order chi connectivity index (χ1) is 9.11. The maximum absolute atomic E-state index is 11.4. The van der Waals surface area contributed by atoms with Crippen molar-refractivity contribution >= 4 is 11.9 Å². The highest BCUT2D eigenvalue weighted by molar-refractivity contribution is 5.86. The quantitative estimate of drug-likeness (QED) is 0.700. The first-order valence-corrected chi connectivity index (χ1v) is 5.34. The molecule has 7 nitrogen and oxygen atoms in total. The fourth-order valence-corrected chi connectivity index (χ4v) is 1.45. The number of methoxy groups -OCH3 is 1. The van der Waals surface area contributed by atoms with Gasteiger partial charge in [-0.1, -0.05) is 6.07 Å². The zero-order valence-corrected chi connectivity index (χ0v) is 10.0. The van der Waals surface area contributed by atoms with Gasteiger partial charge in [-0.25, -0.2) is 9.79 Å². The molecule has 2 aromatic rings. The lowest BCUT2D eigenvalue weighted by atomic mass is 10.2. The lowest BCUT2D eigenvalue weighted by Crippen LogP contribution is -2.20. The smallest absolute Gasteiger partial charge is 0.325 e. The summed E-state index contributed by atoms with van der Waals surface area (Å²) < 4.78 is 4.95. The Labute approximate surface area is 107 Å². The van der Waals surface area contributed by atoms with E-state index in [2.05, 4.69) is 9.98 Å². The fraction of sp³-hybridized carbons (Fsp3) is 0.0833. The van der Waals surface area contributed by atoms with Crippen molar-refractivity contribution in [3.63, 3.8) is 0 Å². The van der Waals surface area contributed by atoms with E-state index in [9.17, 15) is 14.7 Å². The number of nitrogens with zero attached hydrogens (tertiary/aromatic N) is 1. The minimum atomic E-state index is -0.609. The number of aromatic amines is 2. The van der Waals surface area contributed by atoms with E-state index in [1.165, 1.54) is 19.5 Å². The number of para-hydroxylation sites is 1. The van der Waals surface area contributed by atoms with Crippen molar-refractivity contribution in [2.75, 3.05) is 7.11 Å². The minimum Gasteiger partial charge on any atom is -0.504 e. The topological polar surface area (TPSA) is 108 Å². The van der Waals surface area contributed by atoms with Gasteiger partial charge in [-0.15, -0.1) is 0 Å². The number of phenols is 1. The number of phenolic OH excluding ortho intramolecular Hbond substituents is 1. The van der Waals surface area contributed by atoms with Crippen LogP contribution >= 0.6 is 0 Å². The van der Waals surface area contributed by atoms with Crippen molar-refractivity contribution in [3.8, 4) is 11.5 Å². The van der Waals surface area contributed by atoms with Gasteiger partial charge >= 0.3 is 5.69 Å². The fourth-order valence-electron chi connectivity index (χ4n) is 1.45. The standard InChI is InChI=1S/C12H11N3O4/c1-19-9-4-2-3-7(10(9)16)5-13-8-6-14-12(18)15-11(8)17/h2-6,16H,1H3,(H2,14,15,17,18). The van der Waals surface area contributed by atoms with E-state index >= 15 is 0 Å². The van der Waals surface area contributed by atoms with Crippen molar-refractivity contribution in [1.82, 2.24) is 9.97 Å². The summed E-state index contributed by atoms with van der Waals surface area (Å²) in [5, 5.41) is 9.82. The first kappa shape index (κ1) is 12.6. The molecule has 0 saturated carbocycles. The summed E-state index contributed by atoms with van der Waals surface area (Å²) in [5.41, 5.74) is -0.790. The summed E-state index contributed by atoms with van der Waals surface area (Å²) in [5.74, 6) is 0.230. The van der Waals surface area contributed by atoms with Crippen molar-refractivity contribution < 1.29 is 9.84 Å². The largest absolute Gasteiger partial charge is 0.504 e. The molecule has 0 radical (unpaired) electrons. The van der Waals surface area contributed by atoms with Crippen LogP contribution in [0.15, 0.2) is 39.0 Å².